The fourth-order valence-corrected chi connectivity index (χ4v) is 3.50. The summed E-state index contributed by atoms with van der Waals surface area (Å²) in [5.41, 5.74) is 14.4. The molecule has 2 amide bonds. The summed E-state index contributed by atoms with van der Waals surface area (Å²) in [6.45, 7) is 7.31. The molecular weight excluding hydrogens is 336 g/mol. The first-order chi connectivity index (χ1) is 11.8. The minimum absolute atomic E-state index is 0.0776. The predicted octanol–water partition coefficient (Wildman–Crippen LogP) is 0.351. The van der Waals surface area contributed by atoms with Gasteiger partial charge in [-0.25, -0.2) is 4.79 Å². The molecule has 0 aromatic rings. The van der Waals surface area contributed by atoms with Gasteiger partial charge in [0.05, 0.1) is 6.04 Å². The number of rotatable bonds is 3. The molecular formula is C18H28N4O4. The van der Waals surface area contributed by atoms with E-state index in [0.717, 1.165) is 0 Å². The summed E-state index contributed by atoms with van der Waals surface area (Å²) >= 11 is 0. The molecule has 0 saturated carbocycles. The first-order valence-electron chi connectivity index (χ1n) is 8.62. The fraction of sp³-hybridized carbons (Fsp3) is 0.611. The highest BCUT2D eigenvalue weighted by Gasteiger charge is 2.55. The molecule has 8 nitrogen and oxygen atoms in total. The maximum atomic E-state index is 13.4. The lowest BCUT2D eigenvalue weighted by atomic mass is 9.72. The lowest BCUT2D eigenvalue weighted by Gasteiger charge is -2.43. The van der Waals surface area contributed by atoms with Crippen molar-refractivity contribution < 1.29 is 19.1 Å². The molecule has 0 aromatic carbocycles. The van der Waals surface area contributed by atoms with E-state index < -0.39 is 40.5 Å². The quantitative estimate of drug-likeness (QED) is 0.660. The van der Waals surface area contributed by atoms with Crippen LogP contribution in [0.1, 0.15) is 40.5 Å². The Bertz CT molecular complexity index is 694. The van der Waals surface area contributed by atoms with E-state index in [9.17, 15) is 14.4 Å². The van der Waals surface area contributed by atoms with Crippen LogP contribution in [0.15, 0.2) is 23.8 Å². The highest BCUT2D eigenvalue weighted by atomic mass is 16.6. The van der Waals surface area contributed by atoms with Gasteiger partial charge < -0.3 is 21.9 Å². The van der Waals surface area contributed by atoms with Crippen LogP contribution in [0.3, 0.4) is 0 Å². The summed E-state index contributed by atoms with van der Waals surface area (Å²) in [5.74, 6) is -1.17. The van der Waals surface area contributed by atoms with Crippen LogP contribution < -0.4 is 17.2 Å². The van der Waals surface area contributed by atoms with Crippen molar-refractivity contribution in [3.8, 4) is 0 Å². The van der Waals surface area contributed by atoms with Crippen LogP contribution in [0.2, 0.25) is 0 Å². The Kier molecular flexibility index (Phi) is 5.04. The van der Waals surface area contributed by atoms with E-state index in [4.69, 9.17) is 21.9 Å². The summed E-state index contributed by atoms with van der Waals surface area (Å²) in [6, 6.07) is -1.09. The van der Waals surface area contributed by atoms with Crippen molar-refractivity contribution >= 4 is 17.8 Å². The minimum Gasteiger partial charge on any atom is -0.444 e. The SMILES string of the molecule is CC(C)(C)OC(=O)N1CCC[C@]1(C)C(=O)C1(N)C=CC=C(C(N)=O)C1N. The minimum atomic E-state index is -1.64. The van der Waals surface area contributed by atoms with Gasteiger partial charge in [-0.15, -0.1) is 0 Å². The number of ketones is 1. The molecule has 2 rings (SSSR count). The van der Waals surface area contributed by atoms with Crippen molar-refractivity contribution in [3.05, 3.63) is 23.8 Å². The molecule has 1 fully saturated rings. The number of hydrogen-bond acceptors (Lipinski definition) is 6. The average molecular weight is 364 g/mol. The summed E-state index contributed by atoms with van der Waals surface area (Å²) in [6.07, 6.45) is 4.90. The Hall–Kier alpha value is -2.19. The van der Waals surface area contributed by atoms with Crippen LogP contribution in [-0.4, -0.2) is 51.9 Å². The third-order valence-electron chi connectivity index (χ3n) is 4.92. The maximum absolute atomic E-state index is 13.4. The number of Topliss-reactive ketones (excluding diaryl/α,β-unsaturated/α-hetero) is 1. The van der Waals surface area contributed by atoms with E-state index in [0.29, 0.717) is 19.4 Å². The Morgan fingerprint density at radius 2 is 1.92 bits per heavy atom. The molecule has 2 aliphatic rings. The van der Waals surface area contributed by atoms with Crippen LogP contribution >= 0.6 is 0 Å². The zero-order valence-electron chi connectivity index (χ0n) is 15.7. The van der Waals surface area contributed by atoms with Crippen LogP contribution in [-0.2, 0) is 14.3 Å². The van der Waals surface area contributed by atoms with Crippen molar-refractivity contribution in [2.24, 2.45) is 17.2 Å². The predicted molar refractivity (Wildman–Crippen MR) is 96.9 cm³/mol. The van der Waals surface area contributed by atoms with Gasteiger partial charge in [-0.2, -0.15) is 0 Å². The third-order valence-corrected chi connectivity index (χ3v) is 4.92. The average Bonchev–Trinajstić information content (AvgIpc) is 2.90. The zero-order chi connectivity index (χ0) is 19.9. The number of carbonyl (C=O) groups is 3. The molecule has 2 unspecified atom stereocenters. The molecule has 1 aliphatic heterocycles. The largest absolute Gasteiger partial charge is 0.444 e. The molecule has 1 saturated heterocycles. The normalized spacial score (nSPS) is 31.5. The van der Waals surface area contributed by atoms with E-state index in [-0.39, 0.29) is 5.57 Å². The number of carbonyl (C=O) groups excluding carboxylic acids is 3. The zero-order valence-corrected chi connectivity index (χ0v) is 15.7. The number of primary amides is 1. The molecule has 6 N–H and O–H groups in total. The number of likely N-dealkylation sites (tertiary alicyclic amines) is 1. The van der Waals surface area contributed by atoms with Gasteiger partial charge >= 0.3 is 6.09 Å². The van der Waals surface area contributed by atoms with E-state index in [2.05, 4.69) is 0 Å². The molecule has 1 aliphatic carbocycles. The molecule has 0 bridgehead atoms. The number of allylic oxidation sites excluding steroid dienone is 2. The van der Waals surface area contributed by atoms with Crippen molar-refractivity contribution in [3.63, 3.8) is 0 Å². The van der Waals surface area contributed by atoms with Gasteiger partial charge in [-0.1, -0.05) is 18.2 Å². The van der Waals surface area contributed by atoms with Gasteiger partial charge in [0.1, 0.15) is 16.7 Å². The smallest absolute Gasteiger partial charge is 0.411 e. The van der Waals surface area contributed by atoms with Crippen LogP contribution in [0.25, 0.3) is 0 Å². The second kappa shape index (κ2) is 6.51. The van der Waals surface area contributed by atoms with E-state index in [1.807, 2.05) is 0 Å². The Balaban J connectivity index is 2.35. The highest BCUT2D eigenvalue weighted by molar-refractivity contribution is 6.04. The summed E-state index contributed by atoms with van der Waals surface area (Å²) in [7, 11) is 0. The molecule has 8 heteroatoms. The first-order valence-corrected chi connectivity index (χ1v) is 8.62. The second-order valence-electron chi connectivity index (χ2n) is 8.09. The summed E-state index contributed by atoms with van der Waals surface area (Å²) < 4.78 is 5.43. The topological polar surface area (TPSA) is 142 Å². The first kappa shape index (κ1) is 20.1. The molecule has 144 valence electrons. The Morgan fingerprint density at radius 3 is 2.46 bits per heavy atom. The fourth-order valence-electron chi connectivity index (χ4n) is 3.50. The molecule has 3 atom stereocenters. The van der Waals surface area contributed by atoms with Gasteiger partial charge in [-0.3, -0.25) is 14.5 Å². The van der Waals surface area contributed by atoms with Crippen molar-refractivity contribution in [1.82, 2.24) is 4.90 Å². The van der Waals surface area contributed by atoms with Gasteiger partial charge in [0.2, 0.25) is 5.91 Å². The third kappa shape index (κ3) is 3.39. The molecule has 0 spiro atoms. The summed E-state index contributed by atoms with van der Waals surface area (Å²) in [5, 5.41) is 0. The standard InChI is InChI=1S/C18H28N4O4/c1-16(2,3)26-15(25)22-10-6-8-17(22,4)14(24)18(21)9-5-7-11(12(18)19)13(20)23/h5,7,9,12H,6,8,10,19,21H2,1-4H3,(H2,20,23)/t12?,17-,18?/m1/s1. The van der Waals surface area contributed by atoms with Gasteiger partial charge in [-0.05, 0) is 40.5 Å². The molecule has 1 heterocycles. The van der Waals surface area contributed by atoms with Gasteiger partial charge in [0.15, 0.2) is 5.78 Å². The Labute approximate surface area is 153 Å². The van der Waals surface area contributed by atoms with Crippen molar-refractivity contribution in [1.29, 1.82) is 0 Å². The molecule has 0 aromatic heterocycles. The lowest BCUT2D eigenvalue weighted by molar-refractivity contribution is -0.133. The van der Waals surface area contributed by atoms with E-state index >= 15 is 0 Å². The number of hydrogen-bond donors (Lipinski definition) is 3. The molecule has 0 radical (unpaired) electrons. The van der Waals surface area contributed by atoms with Crippen LogP contribution in [0.4, 0.5) is 4.79 Å². The van der Waals surface area contributed by atoms with Gasteiger partial charge in [0.25, 0.3) is 0 Å². The second-order valence-corrected chi connectivity index (χ2v) is 8.09. The number of ether oxygens (including phenoxy) is 1. The van der Waals surface area contributed by atoms with Crippen LogP contribution in [0, 0.1) is 0 Å². The number of nitrogens with two attached hydrogens (primary N) is 3. The van der Waals surface area contributed by atoms with Crippen LogP contribution in [0.5, 0.6) is 0 Å². The van der Waals surface area contributed by atoms with E-state index in [1.165, 1.54) is 23.1 Å². The van der Waals surface area contributed by atoms with Gasteiger partial charge in [0, 0.05) is 12.1 Å². The van der Waals surface area contributed by atoms with E-state index in [1.54, 1.807) is 27.7 Å². The Morgan fingerprint density at radius 1 is 1.31 bits per heavy atom. The number of nitrogens with zero attached hydrogens (tertiary/aromatic N) is 1. The maximum Gasteiger partial charge on any atom is 0.411 e. The van der Waals surface area contributed by atoms with Crippen molar-refractivity contribution in [2.45, 2.75) is 63.3 Å². The molecule has 26 heavy (non-hydrogen) atoms. The lowest BCUT2D eigenvalue weighted by Crippen LogP contribution is -2.69. The number of amides is 2. The monoisotopic (exact) mass is 364 g/mol. The summed E-state index contributed by atoms with van der Waals surface area (Å²) in [4.78, 5) is 39.0. The highest BCUT2D eigenvalue weighted by Crippen LogP contribution is 2.36. The van der Waals surface area contributed by atoms with Crippen molar-refractivity contribution in [2.75, 3.05) is 6.54 Å².